The fourth-order valence-electron chi connectivity index (χ4n) is 3.37. The predicted molar refractivity (Wildman–Crippen MR) is 87.3 cm³/mol. The van der Waals surface area contributed by atoms with Crippen molar-refractivity contribution in [3.63, 3.8) is 0 Å². The highest BCUT2D eigenvalue weighted by Gasteiger charge is 2.14. The van der Waals surface area contributed by atoms with Crippen molar-refractivity contribution >= 4 is 23.8 Å². The molecule has 2 aliphatic rings. The fraction of sp³-hybridized carbons (Fsp3) is 0.300. The number of hydrogen-bond acceptors (Lipinski definition) is 1. The molecule has 1 unspecified atom stereocenters. The molecule has 0 fully saturated rings. The topological polar surface area (TPSA) is 13.1 Å². The van der Waals surface area contributed by atoms with Crippen molar-refractivity contribution in [2.45, 2.75) is 33.1 Å². The number of benzene rings is 1. The normalized spacial score (nSPS) is 19.9. The Hall–Kier alpha value is -2.02. The van der Waals surface area contributed by atoms with Crippen molar-refractivity contribution in [2.24, 2.45) is 5.92 Å². The van der Waals surface area contributed by atoms with E-state index in [1.54, 1.807) is 0 Å². The predicted octanol–water partition coefficient (Wildman–Crippen LogP) is 1.96. The summed E-state index contributed by atoms with van der Waals surface area (Å²) in [5.74, 6) is 0.577. The molecule has 1 aromatic carbocycles. The van der Waals surface area contributed by atoms with Crippen LogP contribution in [0.25, 0.3) is 23.8 Å². The highest BCUT2D eigenvalue weighted by Crippen LogP contribution is 2.18. The molecule has 0 saturated heterocycles. The Bertz CT molecular complexity index is 923. The summed E-state index contributed by atoms with van der Waals surface area (Å²) in [6, 6.07) is 8.81. The minimum absolute atomic E-state index is 0.577. The van der Waals surface area contributed by atoms with Gasteiger partial charge in [0.15, 0.2) is 0 Å². The third kappa shape index (κ3) is 2.08. The third-order valence-corrected chi connectivity index (χ3v) is 4.56. The molecule has 106 valence electrons. The van der Waals surface area contributed by atoms with E-state index >= 15 is 0 Å². The van der Waals surface area contributed by atoms with Crippen LogP contribution >= 0.6 is 0 Å². The molecule has 21 heavy (non-hydrogen) atoms. The molecule has 2 aliphatic carbocycles. The van der Waals surface area contributed by atoms with Gasteiger partial charge in [0, 0.05) is 16.0 Å². The SMILES string of the molecule is Cc1ccc(C2=c3oc4c(c3=CCC2)=CCC(C)C=4)cc1. The molecule has 0 N–H and O–H groups in total. The van der Waals surface area contributed by atoms with Crippen LogP contribution in [-0.2, 0) is 0 Å². The van der Waals surface area contributed by atoms with E-state index in [4.69, 9.17) is 4.42 Å². The number of furan rings is 1. The first kappa shape index (κ1) is 12.7. The average molecular weight is 276 g/mol. The van der Waals surface area contributed by atoms with Gasteiger partial charge in [-0.15, -0.1) is 0 Å². The first-order valence-electron chi connectivity index (χ1n) is 7.83. The molecule has 0 bridgehead atoms. The Morgan fingerprint density at radius 3 is 2.67 bits per heavy atom. The zero-order valence-electron chi connectivity index (χ0n) is 12.6. The van der Waals surface area contributed by atoms with Gasteiger partial charge >= 0.3 is 0 Å². The van der Waals surface area contributed by atoms with Crippen LogP contribution in [-0.4, -0.2) is 0 Å². The molecule has 1 aromatic heterocycles. The molecule has 1 heteroatoms. The molecule has 2 aromatic rings. The van der Waals surface area contributed by atoms with E-state index < -0.39 is 0 Å². The fourth-order valence-corrected chi connectivity index (χ4v) is 3.37. The van der Waals surface area contributed by atoms with E-state index in [9.17, 15) is 0 Å². The van der Waals surface area contributed by atoms with Crippen molar-refractivity contribution in [1.82, 2.24) is 0 Å². The van der Waals surface area contributed by atoms with Crippen LogP contribution in [0.15, 0.2) is 28.7 Å². The smallest absolute Gasteiger partial charge is 0.138 e. The molecule has 0 aliphatic heterocycles. The summed E-state index contributed by atoms with van der Waals surface area (Å²) in [4.78, 5) is 0. The summed E-state index contributed by atoms with van der Waals surface area (Å²) in [5.41, 5.74) is 6.12. The summed E-state index contributed by atoms with van der Waals surface area (Å²) in [6.45, 7) is 4.38. The van der Waals surface area contributed by atoms with Crippen molar-refractivity contribution in [3.05, 3.63) is 56.7 Å². The van der Waals surface area contributed by atoms with Gasteiger partial charge in [0.1, 0.15) is 10.8 Å². The van der Waals surface area contributed by atoms with Gasteiger partial charge in [-0.25, -0.2) is 0 Å². The van der Waals surface area contributed by atoms with Crippen LogP contribution in [0.4, 0.5) is 0 Å². The zero-order valence-corrected chi connectivity index (χ0v) is 12.6. The summed E-state index contributed by atoms with van der Waals surface area (Å²) in [6.07, 6.45) is 10.2. The van der Waals surface area contributed by atoms with Gasteiger partial charge < -0.3 is 4.42 Å². The van der Waals surface area contributed by atoms with Crippen LogP contribution in [0, 0.1) is 12.8 Å². The van der Waals surface area contributed by atoms with Crippen LogP contribution in [0.1, 0.15) is 37.3 Å². The summed E-state index contributed by atoms with van der Waals surface area (Å²) < 4.78 is 6.24. The number of hydrogen-bond donors (Lipinski definition) is 0. The molecule has 4 rings (SSSR count). The highest BCUT2D eigenvalue weighted by atomic mass is 16.3. The van der Waals surface area contributed by atoms with Gasteiger partial charge in [-0.3, -0.25) is 0 Å². The summed E-state index contributed by atoms with van der Waals surface area (Å²) in [7, 11) is 0. The molecule has 1 atom stereocenters. The van der Waals surface area contributed by atoms with Gasteiger partial charge in [0.05, 0.1) is 0 Å². The second-order valence-electron chi connectivity index (χ2n) is 6.29. The lowest BCUT2D eigenvalue weighted by atomic mass is 9.95. The Kier molecular flexibility index (Phi) is 2.88. The first-order chi connectivity index (χ1) is 10.2. The van der Waals surface area contributed by atoms with Crippen molar-refractivity contribution < 1.29 is 4.42 Å². The Balaban J connectivity index is 2.07. The molecule has 0 spiro atoms. The Labute approximate surface area is 124 Å². The van der Waals surface area contributed by atoms with E-state index in [0.29, 0.717) is 5.92 Å². The van der Waals surface area contributed by atoms with E-state index in [-0.39, 0.29) is 0 Å². The molecule has 1 nitrogen and oxygen atoms in total. The average Bonchev–Trinajstić information content (AvgIpc) is 2.85. The minimum Gasteiger partial charge on any atom is -0.456 e. The molecule has 0 saturated carbocycles. The molecular formula is C20H20O. The van der Waals surface area contributed by atoms with Gasteiger partial charge in [0.25, 0.3) is 0 Å². The summed E-state index contributed by atoms with van der Waals surface area (Å²) in [5, 5.41) is 2.63. The van der Waals surface area contributed by atoms with Crippen LogP contribution < -0.4 is 21.3 Å². The van der Waals surface area contributed by atoms with E-state index in [0.717, 1.165) is 30.1 Å². The maximum Gasteiger partial charge on any atom is 0.138 e. The van der Waals surface area contributed by atoms with Crippen molar-refractivity contribution in [1.29, 1.82) is 0 Å². The lowest BCUT2D eigenvalue weighted by Gasteiger charge is -2.08. The second kappa shape index (κ2) is 4.77. The van der Waals surface area contributed by atoms with Crippen LogP contribution in [0.5, 0.6) is 0 Å². The van der Waals surface area contributed by atoms with Crippen LogP contribution in [0.3, 0.4) is 0 Å². The molecule has 0 amide bonds. The van der Waals surface area contributed by atoms with Gasteiger partial charge in [0.2, 0.25) is 0 Å². The van der Waals surface area contributed by atoms with Gasteiger partial charge in [-0.05, 0) is 43.7 Å². The van der Waals surface area contributed by atoms with Crippen molar-refractivity contribution in [3.8, 4) is 0 Å². The largest absolute Gasteiger partial charge is 0.456 e. The first-order valence-corrected chi connectivity index (χ1v) is 7.83. The lowest BCUT2D eigenvalue weighted by Crippen LogP contribution is -2.40. The summed E-state index contributed by atoms with van der Waals surface area (Å²) >= 11 is 0. The minimum atomic E-state index is 0.577. The van der Waals surface area contributed by atoms with Crippen molar-refractivity contribution in [2.75, 3.05) is 0 Å². The molecule has 1 heterocycles. The van der Waals surface area contributed by atoms with E-state index in [1.165, 1.54) is 27.1 Å². The zero-order chi connectivity index (χ0) is 14.4. The van der Waals surface area contributed by atoms with E-state index in [1.807, 2.05) is 0 Å². The number of aryl methyl sites for hydroxylation is 1. The highest BCUT2D eigenvalue weighted by molar-refractivity contribution is 5.67. The third-order valence-electron chi connectivity index (χ3n) is 4.56. The van der Waals surface area contributed by atoms with Crippen LogP contribution in [0.2, 0.25) is 0 Å². The maximum absolute atomic E-state index is 6.24. The number of rotatable bonds is 1. The van der Waals surface area contributed by atoms with Gasteiger partial charge in [-0.1, -0.05) is 48.9 Å². The van der Waals surface area contributed by atoms with E-state index in [2.05, 4.69) is 56.3 Å². The van der Waals surface area contributed by atoms with Gasteiger partial charge in [-0.2, -0.15) is 0 Å². The Morgan fingerprint density at radius 1 is 1.05 bits per heavy atom. The maximum atomic E-state index is 6.24. The second-order valence-corrected chi connectivity index (χ2v) is 6.29. The molecular weight excluding hydrogens is 256 g/mol. The Morgan fingerprint density at radius 2 is 1.86 bits per heavy atom. The monoisotopic (exact) mass is 276 g/mol. The molecule has 0 radical (unpaired) electrons. The number of fused-ring (bicyclic) bond motifs is 3. The lowest BCUT2D eigenvalue weighted by molar-refractivity contribution is 0.488. The quantitative estimate of drug-likeness (QED) is 0.776. The standard InChI is InChI=1S/C20H20O/c1-13-6-9-15(10-7-13)16-4-3-5-18-17-11-8-14(2)12-19(17)21-20(16)18/h5-7,9-12,14H,3-4,8H2,1-2H3.